The topological polar surface area (TPSA) is 63.1 Å². The highest BCUT2D eigenvalue weighted by Gasteiger charge is 2.26. The summed E-state index contributed by atoms with van der Waals surface area (Å²) in [4.78, 5) is 18.7. The van der Waals surface area contributed by atoms with E-state index in [1.165, 1.54) is 6.33 Å². The van der Waals surface area contributed by atoms with Crippen molar-refractivity contribution in [3.05, 3.63) is 42.0 Å². The molecule has 1 aromatic heterocycles. The van der Waals surface area contributed by atoms with Gasteiger partial charge in [-0.15, -0.1) is 0 Å². The first kappa shape index (κ1) is 14.7. The van der Waals surface area contributed by atoms with Gasteiger partial charge < -0.3 is 10.2 Å². The van der Waals surface area contributed by atoms with Gasteiger partial charge in [-0.2, -0.15) is 5.10 Å². The fourth-order valence-corrected chi connectivity index (χ4v) is 3.03. The third kappa shape index (κ3) is 2.87. The number of hydrogen-bond acceptors (Lipinski definition) is 4. The van der Waals surface area contributed by atoms with Crippen molar-refractivity contribution in [1.82, 2.24) is 25.0 Å². The van der Waals surface area contributed by atoms with E-state index in [2.05, 4.69) is 29.2 Å². The van der Waals surface area contributed by atoms with Gasteiger partial charge in [-0.1, -0.05) is 0 Å². The van der Waals surface area contributed by atoms with Crippen LogP contribution in [0.15, 0.2) is 30.9 Å². The van der Waals surface area contributed by atoms with Crippen LogP contribution in [0.25, 0.3) is 5.69 Å². The summed E-state index contributed by atoms with van der Waals surface area (Å²) < 4.78 is 1.69. The highest BCUT2D eigenvalue weighted by atomic mass is 16.2. The summed E-state index contributed by atoms with van der Waals surface area (Å²) in [5.41, 5.74) is 2.62. The molecule has 0 saturated carbocycles. The van der Waals surface area contributed by atoms with Gasteiger partial charge in [-0.25, -0.2) is 9.67 Å². The molecule has 0 aliphatic carbocycles. The summed E-state index contributed by atoms with van der Waals surface area (Å²) in [5, 5.41) is 7.56. The Hall–Kier alpha value is -2.21. The van der Waals surface area contributed by atoms with Gasteiger partial charge in [0.15, 0.2) is 0 Å². The predicted octanol–water partition coefficient (Wildman–Crippen LogP) is 1.40. The van der Waals surface area contributed by atoms with Crippen molar-refractivity contribution < 1.29 is 4.79 Å². The van der Waals surface area contributed by atoms with Gasteiger partial charge in [0.05, 0.1) is 5.69 Å². The molecule has 0 radical (unpaired) electrons. The third-order valence-electron chi connectivity index (χ3n) is 3.97. The summed E-state index contributed by atoms with van der Waals surface area (Å²) in [6, 6.07) is 6.40. The van der Waals surface area contributed by atoms with Crippen molar-refractivity contribution in [2.75, 3.05) is 13.1 Å². The Morgan fingerprint density at radius 3 is 2.59 bits per heavy atom. The zero-order valence-corrected chi connectivity index (χ0v) is 13.2. The first-order chi connectivity index (χ1) is 10.5. The number of aryl methyl sites for hydroxylation is 1. The van der Waals surface area contributed by atoms with Crippen molar-refractivity contribution in [2.45, 2.75) is 32.9 Å². The van der Waals surface area contributed by atoms with Crippen molar-refractivity contribution >= 4 is 5.91 Å². The first-order valence-corrected chi connectivity index (χ1v) is 7.55. The summed E-state index contributed by atoms with van der Waals surface area (Å²) in [6.45, 7) is 7.66. The van der Waals surface area contributed by atoms with Crippen LogP contribution in [-0.2, 0) is 0 Å². The Kier molecular flexibility index (Phi) is 3.94. The number of amides is 1. The zero-order valence-electron chi connectivity index (χ0n) is 13.2. The van der Waals surface area contributed by atoms with Crippen LogP contribution < -0.4 is 5.32 Å². The minimum atomic E-state index is 0.0999. The fourth-order valence-electron chi connectivity index (χ4n) is 3.03. The fraction of sp³-hybridized carbons (Fsp3) is 0.438. The van der Waals surface area contributed by atoms with Gasteiger partial charge in [0.2, 0.25) is 0 Å². The summed E-state index contributed by atoms with van der Waals surface area (Å²) >= 11 is 0. The van der Waals surface area contributed by atoms with Gasteiger partial charge in [0.25, 0.3) is 5.91 Å². The average Bonchev–Trinajstić information content (AvgIpc) is 2.99. The molecule has 6 heteroatoms. The summed E-state index contributed by atoms with van der Waals surface area (Å²) in [6.07, 6.45) is 3.15. The van der Waals surface area contributed by atoms with E-state index in [1.807, 2.05) is 30.0 Å². The molecule has 0 unspecified atom stereocenters. The first-order valence-electron chi connectivity index (χ1n) is 7.55. The lowest BCUT2D eigenvalue weighted by molar-refractivity contribution is 0.0673. The molecule has 1 saturated heterocycles. The molecular formula is C16H21N5O. The van der Waals surface area contributed by atoms with Crippen molar-refractivity contribution in [3.8, 4) is 5.69 Å². The smallest absolute Gasteiger partial charge is 0.254 e. The van der Waals surface area contributed by atoms with E-state index >= 15 is 0 Å². The molecule has 22 heavy (non-hydrogen) atoms. The second-order valence-corrected chi connectivity index (χ2v) is 6.02. The molecule has 2 aromatic rings. The molecule has 3 rings (SSSR count). The maximum absolute atomic E-state index is 12.8. The number of nitrogens with zero attached hydrogens (tertiary/aromatic N) is 4. The second kappa shape index (κ2) is 5.88. The Balaban J connectivity index is 1.84. The van der Waals surface area contributed by atoms with E-state index in [4.69, 9.17) is 0 Å². The lowest BCUT2D eigenvalue weighted by Gasteiger charge is -2.36. The molecule has 116 valence electrons. The number of nitrogens with one attached hydrogen (secondary N) is 1. The van der Waals surface area contributed by atoms with Gasteiger partial charge in [0, 0.05) is 30.7 Å². The molecule has 1 aliphatic rings. The predicted molar refractivity (Wildman–Crippen MR) is 84.1 cm³/mol. The number of carbonyl (C=O) groups is 1. The SMILES string of the molecule is Cc1cc(-n2cncn2)ccc1C(=O)N1C[C@@H](C)N[C@@H](C)C1. The molecule has 2 heterocycles. The third-order valence-corrected chi connectivity index (χ3v) is 3.97. The minimum absolute atomic E-state index is 0.0999. The van der Waals surface area contributed by atoms with Crippen LogP contribution in [0.3, 0.4) is 0 Å². The van der Waals surface area contributed by atoms with Crippen molar-refractivity contribution in [3.63, 3.8) is 0 Å². The summed E-state index contributed by atoms with van der Waals surface area (Å²) in [7, 11) is 0. The average molecular weight is 299 g/mol. The molecule has 1 aromatic carbocycles. The van der Waals surface area contributed by atoms with Crippen molar-refractivity contribution in [1.29, 1.82) is 0 Å². The van der Waals surface area contributed by atoms with E-state index < -0.39 is 0 Å². The maximum Gasteiger partial charge on any atom is 0.254 e. The van der Waals surface area contributed by atoms with Gasteiger partial charge in [0.1, 0.15) is 12.7 Å². The van der Waals surface area contributed by atoms with Crippen molar-refractivity contribution in [2.24, 2.45) is 0 Å². The molecule has 1 N–H and O–H groups in total. The largest absolute Gasteiger partial charge is 0.336 e. The standard InChI is InChI=1S/C16H21N5O/c1-11-6-14(21-10-17-9-18-21)4-5-15(11)16(22)20-7-12(2)19-13(3)8-20/h4-6,9-10,12-13,19H,7-8H2,1-3H3/t12-,13+. The van der Waals surface area contributed by atoms with Crippen LogP contribution in [0.5, 0.6) is 0 Å². The van der Waals surface area contributed by atoms with Crippen LogP contribution in [0.1, 0.15) is 29.8 Å². The molecule has 0 spiro atoms. The van der Waals surface area contributed by atoms with E-state index in [9.17, 15) is 4.79 Å². The maximum atomic E-state index is 12.8. The normalized spacial score (nSPS) is 21.9. The van der Waals surface area contributed by atoms with Gasteiger partial charge in [-0.3, -0.25) is 4.79 Å². The molecule has 0 bridgehead atoms. The summed E-state index contributed by atoms with van der Waals surface area (Å²) in [5.74, 6) is 0.0999. The Bertz CT molecular complexity index is 657. The van der Waals surface area contributed by atoms with Crippen LogP contribution in [0, 0.1) is 6.92 Å². The minimum Gasteiger partial charge on any atom is -0.336 e. The molecule has 2 atom stereocenters. The molecule has 1 aliphatic heterocycles. The Morgan fingerprint density at radius 2 is 2.00 bits per heavy atom. The number of hydrogen-bond donors (Lipinski definition) is 1. The Morgan fingerprint density at radius 1 is 1.27 bits per heavy atom. The quantitative estimate of drug-likeness (QED) is 0.910. The number of carbonyl (C=O) groups excluding carboxylic acids is 1. The highest BCUT2D eigenvalue weighted by Crippen LogP contribution is 2.17. The number of aromatic nitrogens is 3. The molecule has 1 amide bonds. The van der Waals surface area contributed by atoms with E-state index in [0.717, 1.165) is 29.9 Å². The monoisotopic (exact) mass is 299 g/mol. The Labute approximate surface area is 130 Å². The van der Waals surface area contributed by atoms with Gasteiger partial charge in [-0.05, 0) is 44.5 Å². The van der Waals surface area contributed by atoms with Crippen LogP contribution in [0.2, 0.25) is 0 Å². The van der Waals surface area contributed by atoms with Crippen LogP contribution in [-0.4, -0.2) is 50.7 Å². The lowest BCUT2D eigenvalue weighted by atomic mass is 10.0. The van der Waals surface area contributed by atoms with Crippen LogP contribution >= 0.6 is 0 Å². The number of piperazine rings is 1. The lowest BCUT2D eigenvalue weighted by Crippen LogP contribution is -2.55. The molecule has 6 nitrogen and oxygen atoms in total. The van der Waals surface area contributed by atoms with E-state index in [-0.39, 0.29) is 5.91 Å². The zero-order chi connectivity index (χ0) is 15.7. The second-order valence-electron chi connectivity index (χ2n) is 6.02. The van der Waals surface area contributed by atoms with Gasteiger partial charge >= 0.3 is 0 Å². The number of rotatable bonds is 2. The van der Waals surface area contributed by atoms with E-state index in [1.54, 1.807) is 11.0 Å². The number of benzene rings is 1. The van der Waals surface area contributed by atoms with Crippen LogP contribution in [0.4, 0.5) is 0 Å². The molecule has 1 fully saturated rings. The highest BCUT2D eigenvalue weighted by molar-refractivity contribution is 5.96. The molecular weight excluding hydrogens is 278 g/mol. The van der Waals surface area contributed by atoms with E-state index in [0.29, 0.717) is 12.1 Å².